The van der Waals surface area contributed by atoms with E-state index in [1.165, 1.54) is 0 Å². The Morgan fingerprint density at radius 3 is 1.60 bits per heavy atom. The number of para-hydroxylation sites is 2. The van der Waals surface area contributed by atoms with Crippen molar-refractivity contribution >= 4 is 65.0 Å². The molecule has 0 saturated carbocycles. The molecule has 0 aliphatic carbocycles. The lowest BCUT2D eigenvalue weighted by Crippen LogP contribution is -1.94. The highest BCUT2D eigenvalue weighted by Crippen LogP contribution is 2.50. The van der Waals surface area contributed by atoms with E-state index in [4.69, 9.17) is 16.8 Å². The Bertz CT molecular complexity index is 3880. The van der Waals surface area contributed by atoms with Gasteiger partial charge in [-0.3, -0.25) is 0 Å². The molecule has 53 heavy (non-hydrogen) atoms. The van der Waals surface area contributed by atoms with E-state index in [9.17, 15) is 5.48 Å². The highest BCUT2D eigenvalue weighted by molar-refractivity contribution is 6.27. The Labute approximate surface area is 325 Å². The van der Waals surface area contributed by atoms with E-state index < -0.39 is 78.6 Å². The molecule has 0 spiro atoms. The van der Waals surface area contributed by atoms with Gasteiger partial charge in [0, 0.05) is 16.3 Å². The summed E-state index contributed by atoms with van der Waals surface area (Å²) < 4.78 is 125. The molecule has 11 rings (SSSR count). The predicted octanol–water partition coefficient (Wildman–Crippen LogP) is 14.9. The Morgan fingerprint density at radius 2 is 0.868 bits per heavy atom. The molecule has 0 radical (unpaired) electrons. The number of benzene rings is 10. The lowest BCUT2D eigenvalue weighted by Gasteiger charge is -2.22. The van der Waals surface area contributed by atoms with Crippen LogP contribution < -0.4 is 0 Å². The lowest BCUT2D eigenvalue weighted by molar-refractivity contribution is 0.670. The molecule has 0 atom stereocenters. The molecule has 0 amide bonds. The molecule has 1 nitrogen and oxygen atoms in total. The molecular formula is C52H32O. The van der Waals surface area contributed by atoms with Crippen LogP contribution in [0, 0.1) is 0 Å². The van der Waals surface area contributed by atoms with Crippen LogP contribution in [0.4, 0.5) is 0 Å². The van der Waals surface area contributed by atoms with Gasteiger partial charge in [-0.15, -0.1) is 0 Å². The van der Waals surface area contributed by atoms with Crippen LogP contribution in [0.3, 0.4) is 0 Å². The summed E-state index contributed by atoms with van der Waals surface area (Å²) in [5.74, 6) is 0. The van der Waals surface area contributed by atoms with E-state index in [1.807, 2.05) is 72.8 Å². The smallest absolute Gasteiger partial charge is 0.143 e. The molecule has 246 valence electrons. The van der Waals surface area contributed by atoms with Crippen LogP contribution in [-0.4, -0.2) is 0 Å². The maximum Gasteiger partial charge on any atom is 0.143 e. The Kier molecular flexibility index (Phi) is 4.36. The minimum Gasteiger partial charge on any atom is -0.455 e. The van der Waals surface area contributed by atoms with Crippen LogP contribution in [0.5, 0.6) is 0 Å². The molecule has 0 aliphatic rings. The SMILES string of the molecule is [2H]c1c([2H])c([2H])c(-c2ccc3ccccc3c2-c2c3c([2H])c([2H])c([2H])c([2H])c3c(-c3cccc4c(-c5cccc6c5oc5ccccc56)cccc34)c3c([2H])c([2H])c([2H])c([2H])c23)c([2H])c1[2H]. The molecule has 11 aromatic rings. The summed E-state index contributed by atoms with van der Waals surface area (Å²) in [6, 6.07) is 28.3. The summed E-state index contributed by atoms with van der Waals surface area (Å²) >= 11 is 0. The van der Waals surface area contributed by atoms with Crippen molar-refractivity contribution in [2.75, 3.05) is 0 Å². The first-order valence-electron chi connectivity index (χ1n) is 23.7. The Balaban J connectivity index is 1.37. The van der Waals surface area contributed by atoms with Gasteiger partial charge in [0.15, 0.2) is 0 Å². The van der Waals surface area contributed by atoms with Crippen molar-refractivity contribution in [1.82, 2.24) is 0 Å². The molecule has 1 heterocycles. The van der Waals surface area contributed by atoms with Crippen LogP contribution >= 0.6 is 0 Å². The molecule has 0 aliphatic heterocycles. The standard InChI is InChI=1S/C52H32O/c1-2-15-33(16-3-1)36-32-31-34-17-4-5-18-35(34)50(36)51-44-22-8-6-20-42(44)49(43-21-7-9-23-45(43)51)41-27-13-24-37-38(41)25-12-26-39(37)46-28-14-29-47-40-19-10-11-30-48(40)53-52(46)47/h1-32H/i1D,2D,3D,6D,7D,8D,9D,15D,16D,20D,21D,22D,23D. The van der Waals surface area contributed by atoms with Crippen LogP contribution in [0.1, 0.15) is 17.8 Å². The fourth-order valence-electron chi connectivity index (χ4n) is 8.00. The maximum absolute atomic E-state index is 9.71. The van der Waals surface area contributed by atoms with Gasteiger partial charge in [-0.2, -0.15) is 0 Å². The van der Waals surface area contributed by atoms with Gasteiger partial charge in [-0.1, -0.05) is 188 Å². The second-order valence-electron chi connectivity index (χ2n) is 12.9. The summed E-state index contributed by atoms with van der Waals surface area (Å²) in [6.07, 6.45) is 0. The van der Waals surface area contributed by atoms with Gasteiger partial charge in [0.1, 0.15) is 11.2 Å². The van der Waals surface area contributed by atoms with Crippen molar-refractivity contribution in [2.45, 2.75) is 0 Å². The summed E-state index contributed by atoms with van der Waals surface area (Å²) in [5.41, 5.74) is 3.67. The van der Waals surface area contributed by atoms with E-state index in [2.05, 4.69) is 0 Å². The average Bonchev–Trinajstić information content (AvgIpc) is 3.73. The van der Waals surface area contributed by atoms with Crippen LogP contribution in [-0.2, 0) is 0 Å². The fraction of sp³-hybridized carbons (Fsp3) is 0. The number of hydrogen-bond donors (Lipinski definition) is 0. The van der Waals surface area contributed by atoms with E-state index in [-0.39, 0.29) is 49.4 Å². The summed E-state index contributed by atoms with van der Waals surface area (Å²) in [7, 11) is 0. The summed E-state index contributed by atoms with van der Waals surface area (Å²) in [5, 5.41) is 4.14. The van der Waals surface area contributed by atoms with Gasteiger partial charge >= 0.3 is 0 Å². The van der Waals surface area contributed by atoms with Gasteiger partial charge in [-0.05, 0) is 88.1 Å². The lowest BCUT2D eigenvalue weighted by atomic mass is 9.81. The first-order chi connectivity index (χ1) is 31.7. The van der Waals surface area contributed by atoms with E-state index in [1.54, 1.807) is 42.5 Å². The van der Waals surface area contributed by atoms with Gasteiger partial charge < -0.3 is 4.42 Å². The Morgan fingerprint density at radius 1 is 0.321 bits per heavy atom. The first-order valence-corrected chi connectivity index (χ1v) is 17.2. The zero-order valence-corrected chi connectivity index (χ0v) is 27.9. The summed E-state index contributed by atoms with van der Waals surface area (Å²) in [4.78, 5) is 0. The third-order valence-corrected chi connectivity index (χ3v) is 10.2. The minimum absolute atomic E-state index is 0.00106. The third kappa shape index (κ3) is 4.51. The van der Waals surface area contributed by atoms with Gasteiger partial charge in [0.2, 0.25) is 0 Å². The van der Waals surface area contributed by atoms with Crippen molar-refractivity contribution in [3.05, 3.63) is 194 Å². The second-order valence-corrected chi connectivity index (χ2v) is 12.9. The van der Waals surface area contributed by atoms with Crippen LogP contribution in [0.25, 0.3) is 110 Å². The molecule has 0 bridgehead atoms. The molecule has 1 heteroatoms. The molecule has 0 fully saturated rings. The van der Waals surface area contributed by atoms with Crippen molar-refractivity contribution in [3.63, 3.8) is 0 Å². The zero-order chi connectivity index (χ0) is 46.2. The molecule has 0 unspecified atom stereocenters. The van der Waals surface area contributed by atoms with Gasteiger partial charge in [0.05, 0.1) is 17.8 Å². The Hall–Kier alpha value is -6.96. The molecule has 0 N–H and O–H groups in total. The largest absolute Gasteiger partial charge is 0.455 e. The normalized spacial score (nSPS) is 15.2. The average molecular weight is 686 g/mol. The minimum atomic E-state index is -0.605. The zero-order valence-electron chi connectivity index (χ0n) is 40.9. The topological polar surface area (TPSA) is 13.1 Å². The van der Waals surface area contributed by atoms with E-state index in [0.29, 0.717) is 27.3 Å². The highest BCUT2D eigenvalue weighted by Gasteiger charge is 2.22. The maximum atomic E-state index is 9.71. The van der Waals surface area contributed by atoms with Gasteiger partial charge in [0.25, 0.3) is 0 Å². The number of rotatable bonds is 4. The first kappa shape index (κ1) is 19.6. The quantitative estimate of drug-likeness (QED) is 0.168. The predicted molar refractivity (Wildman–Crippen MR) is 225 cm³/mol. The second kappa shape index (κ2) is 11.8. The monoisotopic (exact) mass is 685 g/mol. The molecule has 1 aromatic heterocycles. The van der Waals surface area contributed by atoms with E-state index >= 15 is 0 Å². The third-order valence-electron chi connectivity index (χ3n) is 10.2. The molecular weight excluding hydrogens is 641 g/mol. The fourth-order valence-corrected chi connectivity index (χ4v) is 8.00. The van der Waals surface area contributed by atoms with Crippen molar-refractivity contribution in [3.8, 4) is 44.5 Å². The van der Waals surface area contributed by atoms with Crippen molar-refractivity contribution in [2.24, 2.45) is 0 Å². The van der Waals surface area contributed by atoms with Crippen LogP contribution in [0.15, 0.2) is 198 Å². The molecule has 10 aromatic carbocycles. The van der Waals surface area contributed by atoms with Crippen molar-refractivity contribution in [1.29, 1.82) is 0 Å². The molecule has 0 saturated heterocycles. The van der Waals surface area contributed by atoms with E-state index in [0.717, 1.165) is 32.9 Å². The highest BCUT2D eigenvalue weighted by atomic mass is 16.3. The van der Waals surface area contributed by atoms with Gasteiger partial charge in [-0.25, -0.2) is 0 Å². The van der Waals surface area contributed by atoms with Crippen molar-refractivity contribution < 1.29 is 22.2 Å². The summed E-state index contributed by atoms with van der Waals surface area (Å²) in [6.45, 7) is 0. The number of fused-ring (bicyclic) bond motifs is 7. The van der Waals surface area contributed by atoms with Crippen LogP contribution in [0.2, 0.25) is 0 Å². The number of hydrogen-bond acceptors (Lipinski definition) is 1. The number of furan rings is 1.